The van der Waals surface area contributed by atoms with Crippen LogP contribution >= 0.6 is 0 Å². The number of rotatable bonds is 4. The molecule has 2 atom stereocenters. The molecule has 0 bridgehead atoms. The lowest BCUT2D eigenvalue weighted by Gasteiger charge is -2.41. The minimum absolute atomic E-state index is 0.122. The van der Waals surface area contributed by atoms with Crippen molar-refractivity contribution in [3.05, 3.63) is 35.9 Å². The molecule has 2 aliphatic heterocycles. The summed E-state index contributed by atoms with van der Waals surface area (Å²) < 4.78 is 0. The van der Waals surface area contributed by atoms with Gasteiger partial charge < -0.3 is 9.80 Å². The van der Waals surface area contributed by atoms with Crippen molar-refractivity contribution in [2.75, 3.05) is 13.1 Å². The van der Waals surface area contributed by atoms with E-state index in [-0.39, 0.29) is 23.9 Å². The van der Waals surface area contributed by atoms with Crippen LogP contribution in [0.25, 0.3) is 0 Å². The van der Waals surface area contributed by atoms with Crippen molar-refractivity contribution >= 4 is 11.8 Å². The molecular formula is C17H22N2O2. The van der Waals surface area contributed by atoms with E-state index in [1.54, 1.807) is 9.80 Å². The Morgan fingerprint density at radius 3 is 2.67 bits per heavy atom. The number of piperazine rings is 1. The number of amides is 2. The molecule has 0 spiro atoms. The van der Waals surface area contributed by atoms with Crippen molar-refractivity contribution in [3.63, 3.8) is 0 Å². The first-order valence-electron chi connectivity index (χ1n) is 7.83. The van der Waals surface area contributed by atoms with E-state index in [4.69, 9.17) is 0 Å². The average Bonchev–Trinajstić information content (AvgIpc) is 2.99. The van der Waals surface area contributed by atoms with Crippen LogP contribution in [0.4, 0.5) is 0 Å². The van der Waals surface area contributed by atoms with Crippen molar-refractivity contribution in [2.24, 2.45) is 0 Å². The second kappa shape index (κ2) is 5.88. The summed E-state index contributed by atoms with van der Waals surface area (Å²) in [6, 6.07) is 9.78. The molecule has 4 nitrogen and oxygen atoms in total. The molecule has 0 N–H and O–H groups in total. The topological polar surface area (TPSA) is 40.6 Å². The lowest BCUT2D eigenvalue weighted by atomic mass is 10.0. The molecule has 21 heavy (non-hydrogen) atoms. The van der Waals surface area contributed by atoms with E-state index in [0.717, 1.165) is 32.2 Å². The fraction of sp³-hybridized carbons (Fsp3) is 0.529. The number of carbonyl (C=O) groups is 2. The summed E-state index contributed by atoms with van der Waals surface area (Å²) in [5, 5.41) is 0. The molecule has 112 valence electrons. The van der Waals surface area contributed by atoms with Gasteiger partial charge in [-0.1, -0.05) is 30.3 Å². The van der Waals surface area contributed by atoms with Gasteiger partial charge in [0.2, 0.25) is 11.8 Å². The zero-order valence-corrected chi connectivity index (χ0v) is 12.5. The van der Waals surface area contributed by atoms with Crippen LogP contribution in [0.15, 0.2) is 30.3 Å². The van der Waals surface area contributed by atoms with Gasteiger partial charge >= 0.3 is 0 Å². The number of nitrogens with zero attached hydrogens (tertiary/aromatic N) is 2. The number of aryl methyl sites for hydroxylation is 1. The molecule has 0 aromatic heterocycles. The van der Waals surface area contributed by atoms with Crippen LogP contribution in [0.2, 0.25) is 0 Å². The molecule has 2 heterocycles. The predicted molar refractivity (Wildman–Crippen MR) is 80.7 cm³/mol. The number of hydrogen-bond donors (Lipinski definition) is 0. The van der Waals surface area contributed by atoms with E-state index < -0.39 is 0 Å². The smallest absolute Gasteiger partial charge is 0.246 e. The van der Waals surface area contributed by atoms with Crippen molar-refractivity contribution in [1.29, 1.82) is 0 Å². The fourth-order valence-corrected chi connectivity index (χ4v) is 3.44. The monoisotopic (exact) mass is 286 g/mol. The summed E-state index contributed by atoms with van der Waals surface area (Å²) in [7, 11) is 0. The van der Waals surface area contributed by atoms with Gasteiger partial charge in [-0.05, 0) is 38.2 Å². The number of carbonyl (C=O) groups excluding carboxylic acids is 2. The summed E-state index contributed by atoms with van der Waals surface area (Å²) in [6.45, 7) is 3.28. The zero-order chi connectivity index (χ0) is 14.8. The van der Waals surface area contributed by atoms with E-state index in [9.17, 15) is 9.59 Å². The Morgan fingerprint density at radius 1 is 1.14 bits per heavy atom. The first-order chi connectivity index (χ1) is 10.2. The van der Waals surface area contributed by atoms with Crippen LogP contribution < -0.4 is 0 Å². The second-order valence-corrected chi connectivity index (χ2v) is 5.99. The molecule has 2 fully saturated rings. The minimum Gasteiger partial charge on any atom is -0.329 e. The van der Waals surface area contributed by atoms with Crippen LogP contribution in [-0.2, 0) is 16.0 Å². The standard InChI is InChI=1S/C17H22N2O2/c1-13-16(20)19-12-6-10-15(19)17(21)18(13)11-5-9-14-7-3-2-4-8-14/h2-4,7-8,13,15H,5-6,9-12H2,1H3/t13-,15-/m0/s1. The Bertz CT molecular complexity index is 529. The van der Waals surface area contributed by atoms with Crippen LogP contribution in [0.3, 0.4) is 0 Å². The zero-order valence-electron chi connectivity index (χ0n) is 12.5. The van der Waals surface area contributed by atoms with E-state index in [0.29, 0.717) is 6.54 Å². The highest BCUT2D eigenvalue weighted by Gasteiger charge is 2.45. The fourth-order valence-electron chi connectivity index (χ4n) is 3.44. The highest BCUT2D eigenvalue weighted by Crippen LogP contribution is 2.26. The maximum Gasteiger partial charge on any atom is 0.246 e. The molecule has 0 aliphatic carbocycles. The Morgan fingerprint density at radius 2 is 1.90 bits per heavy atom. The van der Waals surface area contributed by atoms with Gasteiger partial charge in [-0.25, -0.2) is 0 Å². The Hall–Kier alpha value is -1.84. The van der Waals surface area contributed by atoms with Gasteiger partial charge in [0.05, 0.1) is 0 Å². The lowest BCUT2D eigenvalue weighted by molar-refractivity contribution is -0.158. The maximum atomic E-state index is 12.5. The minimum atomic E-state index is -0.303. The largest absolute Gasteiger partial charge is 0.329 e. The van der Waals surface area contributed by atoms with Crippen LogP contribution in [0.1, 0.15) is 31.7 Å². The molecule has 2 saturated heterocycles. The van der Waals surface area contributed by atoms with Gasteiger partial charge in [0.25, 0.3) is 0 Å². The van der Waals surface area contributed by atoms with Crippen molar-refractivity contribution in [1.82, 2.24) is 9.80 Å². The molecule has 4 heteroatoms. The summed E-state index contributed by atoms with van der Waals surface area (Å²) in [5.74, 6) is 0.268. The highest BCUT2D eigenvalue weighted by molar-refractivity contribution is 5.97. The molecule has 1 aromatic rings. The summed E-state index contributed by atoms with van der Waals surface area (Å²) >= 11 is 0. The normalized spacial score (nSPS) is 25.4. The van der Waals surface area contributed by atoms with Gasteiger partial charge in [0, 0.05) is 13.1 Å². The van der Waals surface area contributed by atoms with E-state index in [2.05, 4.69) is 12.1 Å². The van der Waals surface area contributed by atoms with Gasteiger partial charge in [-0.2, -0.15) is 0 Å². The molecule has 1 aromatic carbocycles. The highest BCUT2D eigenvalue weighted by atomic mass is 16.2. The number of benzene rings is 1. The third-order valence-electron chi connectivity index (χ3n) is 4.64. The average molecular weight is 286 g/mol. The Labute approximate surface area is 125 Å². The molecule has 0 unspecified atom stereocenters. The molecule has 0 saturated carbocycles. The van der Waals surface area contributed by atoms with Gasteiger partial charge in [-0.15, -0.1) is 0 Å². The Balaban J connectivity index is 1.61. The number of hydrogen-bond acceptors (Lipinski definition) is 2. The van der Waals surface area contributed by atoms with Crippen LogP contribution in [-0.4, -0.2) is 46.8 Å². The summed E-state index contributed by atoms with van der Waals surface area (Å²) in [4.78, 5) is 28.4. The summed E-state index contributed by atoms with van der Waals surface area (Å²) in [5.41, 5.74) is 1.28. The quantitative estimate of drug-likeness (QED) is 0.847. The Kier molecular flexibility index (Phi) is 3.95. The van der Waals surface area contributed by atoms with Crippen molar-refractivity contribution < 1.29 is 9.59 Å². The van der Waals surface area contributed by atoms with Gasteiger partial charge in [0.1, 0.15) is 12.1 Å². The molecule has 2 amide bonds. The summed E-state index contributed by atoms with van der Waals surface area (Å²) in [6.07, 6.45) is 3.62. The van der Waals surface area contributed by atoms with E-state index in [1.807, 2.05) is 25.1 Å². The first kappa shape index (κ1) is 14.1. The third-order valence-corrected chi connectivity index (χ3v) is 4.64. The van der Waals surface area contributed by atoms with Crippen molar-refractivity contribution in [2.45, 2.75) is 44.7 Å². The third kappa shape index (κ3) is 2.67. The van der Waals surface area contributed by atoms with Gasteiger partial charge in [-0.3, -0.25) is 9.59 Å². The molecule has 0 radical (unpaired) electrons. The SMILES string of the molecule is C[C@H]1C(=O)N2CCC[C@H]2C(=O)N1CCCc1ccccc1. The van der Waals surface area contributed by atoms with Crippen LogP contribution in [0.5, 0.6) is 0 Å². The maximum absolute atomic E-state index is 12.5. The lowest BCUT2D eigenvalue weighted by Crippen LogP contribution is -2.61. The first-order valence-corrected chi connectivity index (χ1v) is 7.83. The predicted octanol–water partition coefficient (Wildman–Crippen LogP) is 1.84. The second-order valence-electron chi connectivity index (χ2n) is 5.99. The molecule has 2 aliphatic rings. The van der Waals surface area contributed by atoms with E-state index in [1.165, 1.54) is 5.56 Å². The van der Waals surface area contributed by atoms with Gasteiger partial charge in [0.15, 0.2) is 0 Å². The number of fused-ring (bicyclic) bond motifs is 1. The molecule has 3 rings (SSSR count). The molecular weight excluding hydrogens is 264 g/mol. The van der Waals surface area contributed by atoms with Crippen molar-refractivity contribution in [3.8, 4) is 0 Å². The van der Waals surface area contributed by atoms with E-state index >= 15 is 0 Å². The van der Waals surface area contributed by atoms with Crippen LogP contribution in [0, 0.1) is 0 Å².